The quantitative estimate of drug-likeness (QED) is 0.713. The number of thiophene rings is 1. The van der Waals surface area contributed by atoms with Crippen LogP contribution in [0.25, 0.3) is 0 Å². The molecule has 1 rings (SSSR count). The molecule has 1 atom stereocenters. The monoisotopic (exact) mass is 181 g/mol. The van der Waals surface area contributed by atoms with E-state index in [9.17, 15) is 0 Å². The fraction of sp³-hybridized carbons (Fsp3) is 0.400. The molecule has 0 bridgehead atoms. The van der Waals surface area contributed by atoms with E-state index in [1.807, 2.05) is 6.92 Å². The van der Waals surface area contributed by atoms with Gasteiger partial charge in [-0.1, -0.05) is 5.57 Å². The Labute approximate surface area is 77.9 Å². The van der Waals surface area contributed by atoms with E-state index in [0.717, 1.165) is 12.0 Å². The molecule has 2 heteroatoms. The predicted octanol–water partition coefficient (Wildman–Crippen LogP) is 3.02. The van der Waals surface area contributed by atoms with Crippen molar-refractivity contribution in [1.29, 1.82) is 0 Å². The van der Waals surface area contributed by atoms with Gasteiger partial charge in [-0.3, -0.25) is 0 Å². The fourth-order valence-electron chi connectivity index (χ4n) is 1.13. The molecule has 0 amide bonds. The Morgan fingerprint density at radius 2 is 2.33 bits per heavy atom. The highest BCUT2D eigenvalue weighted by atomic mass is 32.1. The Morgan fingerprint density at radius 3 is 2.75 bits per heavy atom. The molecule has 0 aliphatic heterocycles. The average Bonchev–Trinajstić information content (AvgIpc) is 2.34. The first-order valence-corrected chi connectivity index (χ1v) is 4.87. The third kappa shape index (κ3) is 2.47. The van der Waals surface area contributed by atoms with Gasteiger partial charge in [0, 0.05) is 15.8 Å². The topological polar surface area (TPSA) is 26.0 Å². The zero-order valence-electron chi connectivity index (χ0n) is 7.63. The Morgan fingerprint density at radius 1 is 1.67 bits per heavy atom. The van der Waals surface area contributed by atoms with Crippen LogP contribution in [0.1, 0.15) is 29.1 Å². The molecule has 1 aromatic heterocycles. The molecule has 1 aromatic rings. The lowest BCUT2D eigenvalue weighted by atomic mass is 10.1. The van der Waals surface area contributed by atoms with Crippen molar-refractivity contribution in [1.82, 2.24) is 0 Å². The maximum atomic E-state index is 5.96. The van der Waals surface area contributed by atoms with E-state index in [-0.39, 0.29) is 6.04 Å². The smallest absolute Gasteiger partial charge is 0.0427 e. The highest BCUT2D eigenvalue weighted by Crippen LogP contribution is 2.24. The molecular formula is C10H15NS. The summed E-state index contributed by atoms with van der Waals surface area (Å²) in [5.74, 6) is 0. The summed E-state index contributed by atoms with van der Waals surface area (Å²) in [6, 6.07) is 4.35. The maximum absolute atomic E-state index is 5.96. The Hall–Kier alpha value is -0.600. The zero-order valence-corrected chi connectivity index (χ0v) is 8.45. The van der Waals surface area contributed by atoms with Crippen LogP contribution in [-0.4, -0.2) is 0 Å². The minimum atomic E-state index is 0.140. The van der Waals surface area contributed by atoms with Crippen molar-refractivity contribution >= 4 is 11.3 Å². The molecule has 1 nitrogen and oxygen atoms in total. The highest BCUT2D eigenvalue weighted by Gasteiger charge is 2.07. The maximum Gasteiger partial charge on any atom is 0.0427 e. The molecule has 0 radical (unpaired) electrons. The van der Waals surface area contributed by atoms with E-state index >= 15 is 0 Å². The molecule has 1 heterocycles. The first-order valence-electron chi connectivity index (χ1n) is 4.06. The summed E-state index contributed by atoms with van der Waals surface area (Å²) in [7, 11) is 0. The van der Waals surface area contributed by atoms with Crippen molar-refractivity contribution in [2.45, 2.75) is 26.3 Å². The Kier molecular flexibility index (Phi) is 3.06. The molecule has 0 unspecified atom stereocenters. The molecule has 12 heavy (non-hydrogen) atoms. The van der Waals surface area contributed by atoms with Crippen molar-refractivity contribution in [3.8, 4) is 0 Å². The number of aryl methyl sites for hydroxylation is 1. The second kappa shape index (κ2) is 3.87. The summed E-state index contributed by atoms with van der Waals surface area (Å²) in [6.07, 6.45) is 0.889. The van der Waals surface area contributed by atoms with Crippen LogP contribution in [0.2, 0.25) is 0 Å². The molecule has 0 aliphatic carbocycles. The van der Waals surface area contributed by atoms with Crippen molar-refractivity contribution in [2.24, 2.45) is 5.73 Å². The van der Waals surface area contributed by atoms with Crippen molar-refractivity contribution in [2.75, 3.05) is 0 Å². The molecule has 0 aliphatic rings. The van der Waals surface area contributed by atoms with Crippen LogP contribution >= 0.6 is 11.3 Å². The van der Waals surface area contributed by atoms with Gasteiger partial charge in [-0.05, 0) is 32.4 Å². The summed E-state index contributed by atoms with van der Waals surface area (Å²) in [5, 5.41) is 0. The first kappa shape index (κ1) is 9.49. The zero-order chi connectivity index (χ0) is 9.14. The normalized spacial score (nSPS) is 12.9. The number of rotatable bonds is 3. The van der Waals surface area contributed by atoms with Crippen molar-refractivity contribution in [3.63, 3.8) is 0 Å². The molecule has 0 saturated carbocycles. The average molecular weight is 181 g/mol. The van der Waals surface area contributed by atoms with E-state index in [1.54, 1.807) is 11.3 Å². The van der Waals surface area contributed by atoms with E-state index in [0.29, 0.717) is 0 Å². The lowest BCUT2D eigenvalue weighted by Gasteiger charge is -2.07. The van der Waals surface area contributed by atoms with Gasteiger partial charge in [-0.15, -0.1) is 17.9 Å². The molecule has 0 aromatic carbocycles. The SMILES string of the molecule is C=C(C)C[C@@H](N)c1ccc(C)s1. The van der Waals surface area contributed by atoms with Crippen LogP contribution in [0, 0.1) is 6.92 Å². The second-order valence-corrected chi connectivity index (χ2v) is 4.54. The van der Waals surface area contributed by atoms with Crippen molar-refractivity contribution < 1.29 is 0 Å². The molecule has 0 fully saturated rings. The number of hydrogen-bond acceptors (Lipinski definition) is 2. The molecule has 66 valence electrons. The van der Waals surface area contributed by atoms with Gasteiger partial charge in [-0.2, -0.15) is 0 Å². The minimum absolute atomic E-state index is 0.140. The predicted molar refractivity (Wildman–Crippen MR) is 55.4 cm³/mol. The number of hydrogen-bond donors (Lipinski definition) is 1. The molecule has 0 saturated heterocycles. The minimum Gasteiger partial charge on any atom is -0.323 e. The number of nitrogens with two attached hydrogens (primary N) is 1. The highest BCUT2D eigenvalue weighted by molar-refractivity contribution is 7.12. The van der Waals surface area contributed by atoms with Gasteiger partial charge in [-0.25, -0.2) is 0 Å². The van der Waals surface area contributed by atoms with E-state index in [2.05, 4.69) is 25.6 Å². The van der Waals surface area contributed by atoms with Crippen molar-refractivity contribution in [3.05, 3.63) is 34.0 Å². The van der Waals surface area contributed by atoms with Crippen LogP contribution < -0.4 is 5.73 Å². The van der Waals surface area contributed by atoms with Crippen LogP contribution in [-0.2, 0) is 0 Å². The van der Waals surface area contributed by atoms with Gasteiger partial charge < -0.3 is 5.73 Å². The summed E-state index contributed by atoms with van der Waals surface area (Å²) < 4.78 is 0. The first-order chi connectivity index (χ1) is 5.59. The van der Waals surface area contributed by atoms with Gasteiger partial charge in [0.1, 0.15) is 0 Å². The summed E-state index contributed by atoms with van der Waals surface area (Å²) in [6.45, 7) is 7.97. The lowest BCUT2D eigenvalue weighted by molar-refractivity contribution is 0.731. The van der Waals surface area contributed by atoms with Crippen LogP contribution in [0.4, 0.5) is 0 Å². The van der Waals surface area contributed by atoms with Gasteiger partial charge in [0.2, 0.25) is 0 Å². The Balaban J connectivity index is 2.64. The summed E-state index contributed by atoms with van der Waals surface area (Å²) >= 11 is 1.77. The van der Waals surface area contributed by atoms with Gasteiger partial charge in [0.15, 0.2) is 0 Å². The van der Waals surface area contributed by atoms with E-state index in [1.165, 1.54) is 9.75 Å². The molecule has 2 N–H and O–H groups in total. The molecule has 0 spiro atoms. The van der Waals surface area contributed by atoms with Crippen LogP contribution in [0.3, 0.4) is 0 Å². The standard InChI is InChI=1S/C10H15NS/c1-7(2)6-9(11)10-5-4-8(3)12-10/h4-5,9H,1,6,11H2,2-3H3/t9-/m1/s1. The third-order valence-corrected chi connectivity index (χ3v) is 2.83. The third-order valence-electron chi connectivity index (χ3n) is 1.69. The molecular weight excluding hydrogens is 166 g/mol. The summed E-state index contributed by atoms with van der Waals surface area (Å²) in [4.78, 5) is 2.58. The Bertz CT molecular complexity index is 275. The second-order valence-electron chi connectivity index (χ2n) is 3.22. The van der Waals surface area contributed by atoms with Gasteiger partial charge >= 0.3 is 0 Å². The largest absolute Gasteiger partial charge is 0.323 e. The van der Waals surface area contributed by atoms with Gasteiger partial charge in [0.25, 0.3) is 0 Å². The van der Waals surface area contributed by atoms with E-state index < -0.39 is 0 Å². The van der Waals surface area contributed by atoms with E-state index in [4.69, 9.17) is 5.73 Å². The van der Waals surface area contributed by atoms with Crippen LogP contribution in [0.15, 0.2) is 24.3 Å². The fourth-order valence-corrected chi connectivity index (χ4v) is 2.01. The summed E-state index contributed by atoms with van der Waals surface area (Å²) in [5.41, 5.74) is 7.11. The lowest BCUT2D eigenvalue weighted by Crippen LogP contribution is -2.08. The van der Waals surface area contributed by atoms with Gasteiger partial charge in [0.05, 0.1) is 0 Å². The van der Waals surface area contributed by atoms with Crippen LogP contribution in [0.5, 0.6) is 0 Å².